The van der Waals surface area contributed by atoms with Crippen molar-refractivity contribution in [2.45, 2.75) is 49.2 Å². The fourth-order valence-electron chi connectivity index (χ4n) is 3.62. The van der Waals surface area contributed by atoms with Crippen molar-refractivity contribution in [3.63, 3.8) is 0 Å². The maximum Gasteiger partial charge on any atom is 0.243 e. The first-order valence-electron chi connectivity index (χ1n) is 10.7. The molecule has 0 aliphatic rings. The van der Waals surface area contributed by atoms with E-state index in [0.29, 0.717) is 16.3 Å². The van der Waals surface area contributed by atoms with E-state index in [4.69, 9.17) is 11.6 Å². The lowest BCUT2D eigenvalue weighted by Crippen LogP contribution is -2.32. The van der Waals surface area contributed by atoms with Crippen molar-refractivity contribution in [1.82, 2.24) is 13.9 Å². The van der Waals surface area contributed by atoms with Gasteiger partial charge in [0.2, 0.25) is 25.0 Å². The van der Waals surface area contributed by atoms with Gasteiger partial charge in [-0.1, -0.05) is 47.5 Å². The highest BCUT2D eigenvalue weighted by atomic mass is 35.5. The molecule has 0 saturated heterocycles. The first kappa shape index (κ1) is 26.2. The van der Waals surface area contributed by atoms with Crippen molar-refractivity contribution in [1.29, 1.82) is 0 Å². The van der Waals surface area contributed by atoms with Crippen LogP contribution in [-0.4, -0.2) is 37.2 Å². The monoisotopic (exact) mass is 521 g/mol. The number of aromatic nitrogens is 2. The summed E-state index contributed by atoms with van der Waals surface area (Å²) in [5.74, 6) is -0.269. The number of nitrogens with zero attached hydrogens (tertiary/aromatic N) is 3. The Morgan fingerprint density at radius 3 is 2.38 bits per heavy atom. The fraction of sp³-hybridized carbons (Fsp3) is 0.292. The number of halogens is 1. The Kier molecular flexibility index (Phi) is 8.02. The van der Waals surface area contributed by atoms with Crippen LogP contribution in [0.15, 0.2) is 77.4 Å². The van der Waals surface area contributed by atoms with Crippen LogP contribution < -0.4 is 0 Å². The van der Waals surface area contributed by atoms with E-state index in [-0.39, 0.29) is 34.9 Å². The van der Waals surface area contributed by atoms with Crippen molar-refractivity contribution in [3.8, 4) is 0 Å². The molecule has 182 valence electrons. The van der Waals surface area contributed by atoms with Gasteiger partial charge in [0.15, 0.2) is 0 Å². The number of imidazole rings is 1. The molecule has 0 bridgehead atoms. The molecule has 2 aromatic carbocycles. The van der Waals surface area contributed by atoms with Gasteiger partial charge in [-0.2, -0.15) is 4.31 Å². The molecule has 0 atom stereocenters. The minimum Gasteiger partial charge on any atom is -0.315 e. The fourth-order valence-corrected chi connectivity index (χ4v) is 6.80. The van der Waals surface area contributed by atoms with Crippen LogP contribution in [0.1, 0.15) is 36.7 Å². The number of aryl methyl sites for hydroxylation is 1. The van der Waals surface area contributed by atoms with Crippen LogP contribution in [0.5, 0.6) is 0 Å². The number of rotatable bonds is 10. The molecule has 7 nitrogen and oxygen atoms in total. The first-order valence-corrected chi connectivity index (χ1v) is 14.1. The Labute approximate surface area is 206 Å². The molecule has 0 spiro atoms. The molecule has 1 aromatic heterocycles. The molecule has 0 amide bonds. The third kappa shape index (κ3) is 5.78. The van der Waals surface area contributed by atoms with Crippen molar-refractivity contribution < 1.29 is 16.8 Å². The Balaban J connectivity index is 1.99. The Bertz CT molecular complexity index is 1380. The SMILES string of the molecule is C=CCN(Cc1cnc(S(=O)(=O)Cc2cccc(Cl)c2)n1C(C)C)S(=O)(=O)c1ccc(C)cc1. The van der Waals surface area contributed by atoms with Crippen molar-refractivity contribution >= 4 is 31.5 Å². The summed E-state index contributed by atoms with van der Waals surface area (Å²) >= 11 is 6.01. The third-order valence-electron chi connectivity index (χ3n) is 5.21. The van der Waals surface area contributed by atoms with Crippen LogP contribution in [0.3, 0.4) is 0 Å². The quantitative estimate of drug-likeness (QED) is 0.358. The van der Waals surface area contributed by atoms with Gasteiger partial charge < -0.3 is 4.57 Å². The Hall–Kier alpha value is -2.46. The molecule has 0 aliphatic heterocycles. The van der Waals surface area contributed by atoms with Gasteiger partial charge in [0.25, 0.3) is 0 Å². The second-order valence-electron chi connectivity index (χ2n) is 8.28. The number of hydrogen-bond donors (Lipinski definition) is 0. The van der Waals surface area contributed by atoms with Crippen molar-refractivity contribution in [2.24, 2.45) is 0 Å². The number of benzene rings is 2. The molecule has 1 heterocycles. The molecule has 3 rings (SSSR count). The molecule has 0 saturated carbocycles. The first-order chi connectivity index (χ1) is 16.0. The van der Waals surface area contributed by atoms with Crippen molar-refractivity contribution in [2.75, 3.05) is 6.54 Å². The molecule has 0 radical (unpaired) electrons. The lowest BCUT2D eigenvalue weighted by Gasteiger charge is -2.23. The number of sulfonamides is 1. The molecule has 0 unspecified atom stereocenters. The summed E-state index contributed by atoms with van der Waals surface area (Å²) in [4.78, 5) is 4.36. The maximum absolute atomic E-state index is 13.3. The van der Waals surface area contributed by atoms with E-state index in [9.17, 15) is 16.8 Å². The molecule has 0 aliphatic carbocycles. The van der Waals surface area contributed by atoms with Crippen LogP contribution in [0.4, 0.5) is 0 Å². The summed E-state index contributed by atoms with van der Waals surface area (Å²) in [6.07, 6.45) is 2.92. The molecular formula is C24H28ClN3O4S2. The van der Waals surface area contributed by atoms with Gasteiger partial charge in [-0.3, -0.25) is 0 Å². The number of sulfone groups is 1. The average molecular weight is 522 g/mol. The summed E-state index contributed by atoms with van der Waals surface area (Å²) in [7, 11) is -7.66. The van der Waals surface area contributed by atoms with Gasteiger partial charge in [0.1, 0.15) is 0 Å². The van der Waals surface area contributed by atoms with Crippen LogP contribution in [0, 0.1) is 6.92 Å². The zero-order valence-corrected chi connectivity index (χ0v) is 21.7. The van der Waals surface area contributed by atoms with Gasteiger partial charge in [0.05, 0.1) is 29.1 Å². The largest absolute Gasteiger partial charge is 0.315 e. The molecule has 3 aromatic rings. The highest BCUT2D eigenvalue weighted by Crippen LogP contribution is 2.25. The predicted octanol–water partition coefficient (Wildman–Crippen LogP) is 4.78. The summed E-state index contributed by atoms with van der Waals surface area (Å²) in [5.41, 5.74) is 1.96. The van der Waals surface area contributed by atoms with Gasteiger partial charge in [0, 0.05) is 17.6 Å². The topological polar surface area (TPSA) is 89.3 Å². The van der Waals surface area contributed by atoms with Crippen LogP contribution in [0.25, 0.3) is 0 Å². The molecular weight excluding hydrogens is 494 g/mol. The van der Waals surface area contributed by atoms with Crippen LogP contribution in [-0.2, 0) is 32.2 Å². The summed E-state index contributed by atoms with van der Waals surface area (Å²) < 4.78 is 55.9. The minimum absolute atomic E-state index is 0.0555. The van der Waals surface area contributed by atoms with Crippen molar-refractivity contribution in [3.05, 3.63) is 89.2 Å². The Morgan fingerprint density at radius 1 is 1.12 bits per heavy atom. The van der Waals surface area contributed by atoms with Gasteiger partial charge >= 0.3 is 0 Å². The third-order valence-corrected chi connectivity index (χ3v) is 8.84. The highest BCUT2D eigenvalue weighted by molar-refractivity contribution is 7.90. The summed E-state index contributed by atoms with van der Waals surface area (Å²) in [6.45, 7) is 9.23. The lowest BCUT2D eigenvalue weighted by molar-refractivity contribution is 0.410. The van der Waals surface area contributed by atoms with E-state index in [1.807, 2.05) is 20.8 Å². The van der Waals surface area contributed by atoms with Gasteiger partial charge in [-0.25, -0.2) is 21.8 Å². The second-order valence-corrected chi connectivity index (χ2v) is 12.5. The van der Waals surface area contributed by atoms with E-state index < -0.39 is 19.9 Å². The smallest absolute Gasteiger partial charge is 0.243 e. The van der Waals surface area contributed by atoms with Gasteiger partial charge in [-0.15, -0.1) is 6.58 Å². The number of hydrogen-bond acceptors (Lipinski definition) is 5. The van der Waals surface area contributed by atoms with Gasteiger partial charge in [-0.05, 0) is 50.6 Å². The molecule has 10 heteroatoms. The minimum atomic E-state index is -3.84. The standard InChI is InChI=1S/C24H28ClN3O4S2/c1-5-13-27(34(31,32)23-11-9-19(4)10-12-23)16-22-15-26-24(28(22)18(2)3)33(29,30)17-20-7-6-8-21(25)14-20/h5-12,14-15,18H,1,13,16-17H2,2-4H3. The van der Waals surface area contributed by atoms with Crippen LogP contribution >= 0.6 is 11.6 Å². The Morgan fingerprint density at radius 2 is 1.79 bits per heavy atom. The lowest BCUT2D eigenvalue weighted by atomic mass is 10.2. The molecule has 0 N–H and O–H groups in total. The van der Waals surface area contributed by atoms with E-state index >= 15 is 0 Å². The predicted molar refractivity (Wildman–Crippen MR) is 134 cm³/mol. The highest BCUT2D eigenvalue weighted by Gasteiger charge is 2.29. The van der Waals surface area contributed by atoms with E-state index in [2.05, 4.69) is 11.6 Å². The van der Waals surface area contributed by atoms with E-state index in [1.165, 1.54) is 16.6 Å². The normalized spacial score (nSPS) is 12.4. The second kappa shape index (κ2) is 10.4. The zero-order valence-electron chi connectivity index (χ0n) is 19.3. The molecule has 0 fully saturated rings. The zero-order chi connectivity index (χ0) is 25.1. The average Bonchev–Trinajstić information content (AvgIpc) is 3.18. The van der Waals surface area contributed by atoms with E-state index in [0.717, 1.165) is 5.56 Å². The van der Waals surface area contributed by atoms with E-state index in [1.54, 1.807) is 53.1 Å². The molecule has 34 heavy (non-hydrogen) atoms. The summed E-state index contributed by atoms with van der Waals surface area (Å²) in [5, 5.41) is 0.339. The summed E-state index contributed by atoms with van der Waals surface area (Å²) in [6, 6.07) is 13.0. The van der Waals surface area contributed by atoms with Crippen LogP contribution in [0.2, 0.25) is 5.02 Å². The maximum atomic E-state index is 13.3.